The lowest BCUT2D eigenvalue weighted by molar-refractivity contribution is 0.571. The van der Waals surface area contributed by atoms with Crippen LogP contribution in [0.3, 0.4) is 0 Å². The lowest BCUT2D eigenvalue weighted by Crippen LogP contribution is -2.37. The summed E-state index contributed by atoms with van der Waals surface area (Å²) in [6, 6.07) is 35.3. The lowest BCUT2D eigenvalue weighted by Gasteiger charge is -2.43. The second-order valence-electron chi connectivity index (χ2n) is 10.2. The monoisotopic (exact) mass is 471 g/mol. The van der Waals surface area contributed by atoms with Gasteiger partial charge < -0.3 is 9.80 Å². The van der Waals surface area contributed by atoms with Crippen LogP contribution in [0.1, 0.15) is 52.5 Å². The molecular formula is C33H33N3. The summed E-state index contributed by atoms with van der Waals surface area (Å²) >= 11 is 0. The van der Waals surface area contributed by atoms with Gasteiger partial charge in [0.15, 0.2) is 0 Å². The number of rotatable bonds is 5. The van der Waals surface area contributed by atoms with Crippen molar-refractivity contribution < 1.29 is 0 Å². The predicted molar refractivity (Wildman–Crippen MR) is 152 cm³/mol. The third-order valence-corrected chi connectivity index (χ3v) is 7.77. The van der Waals surface area contributed by atoms with Gasteiger partial charge in [-0.1, -0.05) is 72.8 Å². The molecule has 180 valence electrons. The van der Waals surface area contributed by atoms with Gasteiger partial charge in [-0.25, -0.2) is 0 Å². The number of nitrogens with zero attached hydrogens (tertiary/aromatic N) is 3. The molecule has 2 heterocycles. The highest BCUT2D eigenvalue weighted by Gasteiger charge is 2.34. The number of hydrogen-bond acceptors (Lipinski definition) is 3. The molecule has 0 saturated heterocycles. The van der Waals surface area contributed by atoms with Crippen molar-refractivity contribution in [3.8, 4) is 0 Å². The maximum Gasteiger partial charge on any atom is 0.0637 e. The van der Waals surface area contributed by atoms with Crippen molar-refractivity contribution in [1.82, 2.24) is 0 Å². The standard InChI is InChI=1S/C33H33N3/c1-35(2)28-15-13-24(14-16-28)23-34-27-21-31-29(25-9-5-3-6-10-25)17-19-36-20-18-30(32(22-27)33(31)36)26-11-7-4-8-12-26/h3-16,21-23,29-30H,17-20H2,1-2H3/t29-,30-/m0/s1. The van der Waals surface area contributed by atoms with Crippen LogP contribution in [0, 0.1) is 0 Å². The summed E-state index contributed by atoms with van der Waals surface area (Å²) in [6.45, 7) is 2.23. The van der Waals surface area contributed by atoms with Gasteiger partial charge in [-0.3, -0.25) is 4.99 Å². The maximum atomic E-state index is 5.02. The summed E-state index contributed by atoms with van der Waals surface area (Å²) in [5.74, 6) is 0.806. The normalized spacial score (nSPS) is 18.8. The van der Waals surface area contributed by atoms with Crippen LogP contribution in [0.5, 0.6) is 0 Å². The Morgan fingerprint density at radius 1 is 0.722 bits per heavy atom. The Kier molecular flexibility index (Phi) is 6.06. The molecule has 4 aromatic rings. The van der Waals surface area contributed by atoms with Crippen LogP contribution in [0.15, 0.2) is 102 Å². The van der Waals surface area contributed by atoms with E-state index >= 15 is 0 Å². The number of benzene rings is 4. The first-order valence-electron chi connectivity index (χ1n) is 13.0. The molecular weight excluding hydrogens is 438 g/mol. The van der Waals surface area contributed by atoms with Crippen molar-refractivity contribution in [2.75, 3.05) is 37.0 Å². The fraction of sp³-hybridized carbons (Fsp3) is 0.242. The first kappa shape index (κ1) is 22.6. The van der Waals surface area contributed by atoms with E-state index in [0.717, 1.165) is 37.2 Å². The van der Waals surface area contributed by atoms with Crippen molar-refractivity contribution in [2.45, 2.75) is 24.7 Å². The molecule has 2 atom stereocenters. The Labute approximate surface area is 214 Å². The van der Waals surface area contributed by atoms with Gasteiger partial charge in [0.1, 0.15) is 0 Å². The van der Waals surface area contributed by atoms with Crippen LogP contribution < -0.4 is 9.80 Å². The zero-order valence-corrected chi connectivity index (χ0v) is 21.1. The topological polar surface area (TPSA) is 18.8 Å². The second-order valence-corrected chi connectivity index (χ2v) is 10.2. The van der Waals surface area contributed by atoms with E-state index in [9.17, 15) is 0 Å². The van der Waals surface area contributed by atoms with Gasteiger partial charge in [-0.05, 0) is 64.9 Å². The summed E-state index contributed by atoms with van der Waals surface area (Å²) in [6.07, 6.45) is 4.30. The molecule has 0 radical (unpaired) electrons. The zero-order valence-electron chi connectivity index (χ0n) is 21.1. The Morgan fingerprint density at radius 2 is 1.25 bits per heavy atom. The van der Waals surface area contributed by atoms with Gasteiger partial charge >= 0.3 is 0 Å². The summed E-state index contributed by atoms with van der Waals surface area (Å²) in [4.78, 5) is 9.76. The van der Waals surface area contributed by atoms with E-state index in [1.807, 2.05) is 6.21 Å². The van der Waals surface area contributed by atoms with E-state index in [2.05, 4.69) is 121 Å². The number of anilines is 2. The molecule has 0 fully saturated rings. The number of aliphatic imine (C=N–C) groups is 1. The fourth-order valence-corrected chi connectivity index (χ4v) is 5.92. The fourth-order valence-electron chi connectivity index (χ4n) is 5.92. The zero-order chi connectivity index (χ0) is 24.5. The van der Waals surface area contributed by atoms with Crippen molar-refractivity contribution in [1.29, 1.82) is 0 Å². The molecule has 0 bridgehead atoms. The van der Waals surface area contributed by atoms with Gasteiger partial charge in [0.2, 0.25) is 0 Å². The summed E-state index contributed by atoms with van der Waals surface area (Å²) in [5, 5.41) is 0. The van der Waals surface area contributed by atoms with E-state index in [1.54, 1.807) is 0 Å². The van der Waals surface area contributed by atoms with Crippen molar-refractivity contribution in [3.63, 3.8) is 0 Å². The molecule has 3 heteroatoms. The van der Waals surface area contributed by atoms with E-state index in [-0.39, 0.29) is 0 Å². The molecule has 0 N–H and O–H groups in total. The van der Waals surface area contributed by atoms with Gasteiger partial charge in [0, 0.05) is 56.6 Å². The third-order valence-electron chi connectivity index (χ3n) is 7.77. The molecule has 2 aliphatic rings. The van der Waals surface area contributed by atoms with Crippen LogP contribution in [-0.2, 0) is 0 Å². The van der Waals surface area contributed by atoms with Crippen LogP contribution in [-0.4, -0.2) is 33.4 Å². The smallest absolute Gasteiger partial charge is 0.0637 e. The molecule has 0 aliphatic carbocycles. The minimum atomic E-state index is 0.403. The molecule has 6 rings (SSSR count). The summed E-state index contributed by atoms with van der Waals surface area (Å²) < 4.78 is 0. The van der Waals surface area contributed by atoms with E-state index in [4.69, 9.17) is 4.99 Å². The molecule has 36 heavy (non-hydrogen) atoms. The minimum absolute atomic E-state index is 0.403. The van der Waals surface area contributed by atoms with Gasteiger partial charge in [-0.2, -0.15) is 0 Å². The highest BCUT2D eigenvalue weighted by atomic mass is 15.1. The second kappa shape index (κ2) is 9.66. The van der Waals surface area contributed by atoms with E-state index < -0.39 is 0 Å². The molecule has 0 spiro atoms. The highest BCUT2D eigenvalue weighted by Crippen LogP contribution is 2.49. The Balaban J connectivity index is 1.46. The van der Waals surface area contributed by atoms with Crippen LogP contribution in [0.25, 0.3) is 0 Å². The Bertz CT molecular complexity index is 1280. The predicted octanol–water partition coefficient (Wildman–Crippen LogP) is 7.38. The van der Waals surface area contributed by atoms with Crippen LogP contribution in [0.2, 0.25) is 0 Å². The Hall–Kier alpha value is -3.85. The first-order chi connectivity index (χ1) is 17.7. The molecule has 4 aromatic carbocycles. The van der Waals surface area contributed by atoms with Crippen molar-refractivity contribution in [2.24, 2.45) is 4.99 Å². The lowest BCUT2D eigenvalue weighted by atomic mass is 9.76. The summed E-state index contributed by atoms with van der Waals surface area (Å²) in [5.41, 5.74) is 10.5. The Morgan fingerprint density at radius 3 is 1.75 bits per heavy atom. The quantitative estimate of drug-likeness (QED) is 0.283. The van der Waals surface area contributed by atoms with Gasteiger partial charge in [0.25, 0.3) is 0 Å². The largest absolute Gasteiger partial charge is 0.378 e. The number of hydrogen-bond donors (Lipinski definition) is 0. The van der Waals surface area contributed by atoms with Crippen LogP contribution in [0.4, 0.5) is 17.1 Å². The average molecular weight is 472 g/mol. The SMILES string of the molecule is CN(C)c1ccc(C=Nc2cc3c4c(c2)[C@H](c2ccccc2)CCN4CC[C@H]3c2ccccc2)cc1. The molecule has 0 aromatic heterocycles. The molecule has 2 aliphatic heterocycles. The van der Waals surface area contributed by atoms with Gasteiger partial charge in [-0.15, -0.1) is 0 Å². The maximum absolute atomic E-state index is 5.02. The van der Waals surface area contributed by atoms with E-state index in [1.165, 1.54) is 33.6 Å². The molecule has 0 amide bonds. The van der Waals surface area contributed by atoms with E-state index in [0.29, 0.717) is 11.8 Å². The molecule has 0 unspecified atom stereocenters. The molecule has 0 saturated carbocycles. The third kappa shape index (κ3) is 4.30. The van der Waals surface area contributed by atoms with Crippen molar-refractivity contribution >= 4 is 23.3 Å². The highest BCUT2D eigenvalue weighted by molar-refractivity contribution is 5.83. The van der Waals surface area contributed by atoms with Gasteiger partial charge in [0.05, 0.1) is 5.69 Å². The van der Waals surface area contributed by atoms with Crippen LogP contribution >= 0.6 is 0 Å². The van der Waals surface area contributed by atoms with Crippen molar-refractivity contribution in [3.05, 3.63) is 125 Å². The average Bonchev–Trinajstić information content (AvgIpc) is 2.93. The first-order valence-corrected chi connectivity index (χ1v) is 13.0. The summed E-state index contributed by atoms with van der Waals surface area (Å²) in [7, 11) is 4.13. The molecule has 3 nitrogen and oxygen atoms in total. The minimum Gasteiger partial charge on any atom is -0.378 e.